The average Bonchev–Trinajstić information content (AvgIpc) is 2.96. The van der Waals surface area contributed by atoms with E-state index in [2.05, 4.69) is 26.0 Å². The van der Waals surface area contributed by atoms with E-state index in [1.807, 2.05) is 0 Å². The van der Waals surface area contributed by atoms with E-state index < -0.39 is 23.1 Å². The smallest absolute Gasteiger partial charge is 0.416 e. The summed E-state index contributed by atoms with van der Waals surface area (Å²) in [5.74, 6) is 0.173. The summed E-state index contributed by atoms with van der Waals surface area (Å²) in [5.41, 5.74) is -0.237. The molecular weight excluding hydrogens is 606 g/mol. The maximum absolute atomic E-state index is 14.0. The molecule has 0 saturated heterocycles. The fourth-order valence-corrected chi connectivity index (χ4v) is 4.49. The van der Waals surface area contributed by atoms with Crippen LogP contribution in [0, 0.1) is 5.82 Å². The highest BCUT2D eigenvalue weighted by molar-refractivity contribution is 9.10. The summed E-state index contributed by atoms with van der Waals surface area (Å²) in [4.78, 5) is 17.9. The second-order valence-corrected chi connectivity index (χ2v) is 9.65. The van der Waals surface area contributed by atoms with Gasteiger partial charge in [-0.25, -0.2) is 9.37 Å². The van der Waals surface area contributed by atoms with Gasteiger partial charge >= 0.3 is 6.18 Å². The lowest BCUT2D eigenvalue weighted by Crippen LogP contribution is -2.20. The van der Waals surface area contributed by atoms with Crippen LogP contribution in [0.2, 0.25) is 0 Å². The first-order valence-electron chi connectivity index (χ1n) is 12.1. The van der Waals surface area contributed by atoms with E-state index in [1.165, 1.54) is 31.5 Å². The van der Waals surface area contributed by atoms with Crippen molar-refractivity contribution in [1.29, 1.82) is 0 Å². The first kappa shape index (κ1) is 28.0. The van der Waals surface area contributed by atoms with Crippen molar-refractivity contribution in [2.45, 2.75) is 12.8 Å². The van der Waals surface area contributed by atoms with Crippen LogP contribution in [-0.4, -0.2) is 23.0 Å². The van der Waals surface area contributed by atoms with Crippen LogP contribution in [0.15, 0.2) is 99.3 Å². The minimum atomic E-state index is -4.58. The second-order valence-electron chi connectivity index (χ2n) is 8.80. The molecule has 1 aromatic heterocycles. The molecule has 1 heterocycles. The van der Waals surface area contributed by atoms with Crippen LogP contribution in [0.3, 0.4) is 0 Å². The normalized spacial score (nSPS) is 11.8. The standard InChI is InChI=1S/C30H20BrF4N3O3/c1-40-26-14-20(23(31)15-27(26)41-17-19-7-2-4-11-24(19)32)16-36-38-28(18-8-6-9-21(13-18)30(33,34)35)37-25-12-5-3-10-22(25)29(38)39/h2-16H,17H2,1H3. The summed E-state index contributed by atoms with van der Waals surface area (Å²) >= 11 is 3.45. The van der Waals surface area contributed by atoms with Crippen molar-refractivity contribution in [3.05, 3.63) is 122 Å². The van der Waals surface area contributed by atoms with Gasteiger partial charge in [-0.2, -0.15) is 22.9 Å². The molecule has 0 aliphatic carbocycles. The second kappa shape index (κ2) is 11.5. The number of methoxy groups -OCH3 is 1. The summed E-state index contributed by atoms with van der Waals surface area (Å²) < 4.78 is 67.0. The Hall–Kier alpha value is -4.51. The van der Waals surface area contributed by atoms with Crippen LogP contribution in [0.5, 0.6) is 11.5 Å². The van der Waals surface area contributed by atoms with Gasteiger partial charge in [-0.15, -0.1) is 0 Å². The number of aromatic nitrogens is 2. The Morgan fingerprint density at radius 1 is 0.976 bits per heavy atom. The zero-order valence-electron chi connectivity index (χ0n) is 21.3. The van der Waals surface area contributed by atoms with Crippen molar-refractivity contribution in [2.75, 3.05) is 7.11 Å². The van der Waals surface area contributed by atoms with Gasteiger partial charge in [-0.3, -0.25) is 4.79 Å². The van der Waals surface area contributed by atoms with E-state index in [0.717, 1.165) is 16.8 Å². The zero-order valence-corrected chi connectivity index (χ0v) is 22.9. The number of halogens is 5. The van der Waals surface area contributed by atoms with Crippen LogP contribution in [0.25, 0.3) is 22.3 Å². The number of benzene rings is 4. The molecule has 11 heteroatoms. The number of hydrogen-bond donors (Lipinski definition) is 0. The maximum Gasteiger partial charge on any atom is 0.416 e. The lowest BCUT2D eigenvalue weighted by molar-refractivity contribution is -0.137. The summed E-state index contributed by atoms with van der Waals surface area (Å²) in [7, 11) is 1.43. The topological polar surface area (TPSA) is 65.7 Å². The van der Waals surface area contributed by atoms with Crippen molar-refractivity contribution < 1.29 is 27.0 Å². The minimum absolute atomic E-state index is 0.0403. The van der Waals surface area contributed by atoms with Gasteiger partial charge in [0.15, 0.2) is 17.3 Å². The minimum Gasteiger partial charge on any atom is -0.493 e. The van der Waals surface area contributed by atoms with Crippen molar-refractivity contribution in [1.82, 2.24) is 9.66 Å². The van der Waals surface area contributed by atoms with Crippen molar-refractivity contribution in [3.8, 4) is 22.9 Å². The SMILES string of the molecule is COc1cc(C=Nn2c(-c3cccc(C(F)(F)F)c3)nc3ccccc3c2=O)c(Br)cc1OCc1ccccc1F. The molecule has 0 aliphatic rings. The summed E-state index contributed by atoms with van der Waals surface area (Å²) in [6, 6.07) is 20.5. The first-order chi connectivity index (χ1) is 19.7. The van der Waals surface area contributed by atoms with E-state index in [-0.39, 0.29) is 23.4 Å². The number of rotatable bonds is 7. The van der Waals surface area contributed by atoms with Gasteiger partial charge in [0, 0.05) is 21.2 Å². The number of para-hydroxylation sites is 1. The Labute approximate surface area is 239 Å². The lowest BCUT2D eigenvalue weighted by Gasteiger charge is -2.14. The fraction of sp³-hybridized carbons (Fsp3) is 0.100. The molecular formula is C30H20BrF4N3O3. The molecule has 6 nitrogen and oxygen atoms in total. The molecule has 208 valence electrons. The van der Waals surface area contributed by atoms with E-state index in [0.29, 0.717) is 32.6 Å². The Kier molecular flexibility index (Phi) is 7.89. The number of alkyl halides is 3. The van der Waals surface area contributed by atoms with Crippen LogP contribution >= 0.6 is 15.9 Å². The number of nitrogens with zero attached hydrogens (tertiary/aromatic N) is 3. The molecule has 0 bridgehead atoms. The largest absolute Gasteiger partial charge is 0.493 e. The van der Waals surface area contributed by atoms with Gasteiger partial charge in [-0.1, -0.05) is 42.5 Å². The number of hydrogen-bond acceptors (Lipinski definition) is 5. The third-order valence-electron chi connectivity index (χ3n) is 6.14. The molecule has 0 aliphatic heterocycles. The van der Waals surface area contributed by atoms with Crippen LogP contribution in [-0.2, 0) is 12.8 Å². The summed E-state index contributed by atoms with van der Waals surface area (Å²) in [5, 5.41) is 4.57. The highest BCUT2D eigenvalue weighted by Gasteiger charge is 2.31. The van der Waals surface area contributed by atoms with Crippen molar-refractivity contribution in [2.24, 2.45) is 5.10 Å². The molecule has 5 aromatic rings. The average molecular weight is 626 g/mol. The van der Waals surface area contributed by atoms with Crippen LogP contribution < -0.4 is 15.0 Å². The molecule has 0 amide bonds. The van der Waals surface area contributed by atoms with Gasteiger partial charge in [-0.05, 0) is 58.4 Å². The van der Waals surface area contributed by atoms with E-state index in [4.69, 9.17) is 9.47 Å². The molecule has 0 spiro atoms. The van der Waals surface area contributed by atoms with Crippen LogP contribution in [0.1, 0.15) is 16.7 Å². The predicted molar refractivity (Wildman–Crippen MR) is 151 cm³/mol. The molecule has 0 fully saturated rings. The van der Waals surface area contributed by atoms with Crippen LogP contribution in [0.4, 0.5) is 17.6 Å². The van der Waals surface area contributed by atoms with Gasteiger partial charge in [0.1, 0.15) is 12.4 Å². The van der Waals surface area contributed by atoms with E-state index >= 15 is 0 Å². The quantitative estimate of drug-likeness (QED) is 0.139. The Morgan fingerprint density at radius 2 is 1.73 bits per heavy atom. The number of fused-ring (bicyclic) bond motifs is 1. The zero-order chi connectivity index (χ0) is 29.1. The first-order valence-corrected chi connectivity index (χ1v) is 12.9. The molecule has 0 N–H and O–H groups in total. The Bertz CT molecular complexity index is 1840. The predicted octanol–water partition coefficient (Wildman–Crippen LogP) is 7.45. The third kappa shape index (κ3) is 5.99. The Balaban J connectivity index is 1.56. The van der Waals surface area contributed by atoms with Crippen molar-refractivity contribution >= 4 is 33.0 Å². The fourth-order valence-electron chi connectivity index (χ4n) is 4.07. The maximum atomic E-state index is 14.0. The lowest BCUT2D eigenvalue weighted by atomic mass is 10.1. The van der Waals surface area contributed by atoms with Gasteiger partial charge < -0.3 is 9.47 Å². The molecule has 4 aromatic carbocycles. The van der Waals surface area contributed by atoms with E-state index in [1.54, 1.807) is 54.6 Å². The molecule has 0 saturated carbocycles. The molecule has 41 heavy (non-hydrogen) atoms. The molecule has 0 radical (unpaired) electrons. The van der Waals surface area contributed by atoms with Gasteiger partial charge in [0.25, 0.3) is 5.56 Å². The van der Waals surface area contributed by atoms with Gasteiger partial charge in [0.2, 0.25) is 0 Å². The number of ether oxygens (including phenoxy) is 2. The van der Waals surface area contributed by atoms with Gasteiger partial charge in [0.05, 0.1) is 29.8 Å². The monoisotopic (exact) mass is 625 g/mol. The third-order valence-corrected chi connectivity index (χ3v) is 6.82. The molecule has 5 rings (SSSR count). The summed E-state index contributed by atoms with van der Waals surface area (Å²) in [6.07, 6.45) is -3.24. The molecule has 0 unspecified atom stereocenters. The summed E-state index contributed by atoms with van der Waals surface area (Å²) in [6.45, 7) is -0.0403. The highest BCUT2D eigenvalue weighted by Crippen LogP contribution is 2.34. The highest BCUT2D eigenvalue weighted by atomic mass is 79.9. The molecule has 0 atom stereocenters. The van der Waals surface area contributed by atoms with E-state index in [9.17, 15) is 22.4 Å². The Morgan fingerprint density at radius 3 is 2.49 bits per heavy atom. The van der Waals surface area contributed by atoms with Crippen molar-refractivity contribution in [3.63, 3.8) is 0 Å².